The monoisotopic (exact) mass is 362 g/mol. The van der Waals surface area contributed by atoms with Crippen LogP contribution < -0.4 is 5.32 Å². The highest BCUT2D eigenvalue weighted by Crippen LogP contribution is 2.23. The molecule has 2 rings (SSSR count). The predicted octanol–water partition coefficient (Wildman–Crippen LogP) is 2.34. The van der Waals surface area contributed by atoms with E-state index in [1.807, 2.05) is 0 Å². The summed E-state index contributed by atoms with van der Waals surface area (Å²) in [5.41, 5.74) is 1.35. The van der Waals surface area contributed by atoms with Gasteiger partial charge < -0.3 is 10.2 Å². The minimum absolute atomic E-state index is 0.427. The first kappa shape index (κ1) is 16.9. The molecular weight excluding hydrogens is 340 g/mol. The molecule has 4 nitrogen and oxygen atoms in total. The zero-order valence-electron chi connectivity index (χ0n) is 13.2. The van der Waals surface area contributed by atoms with Crippen molar-refractivity contribution in [1.82, 2.24) is 15.1 Å². The summed E-state index contributed by atoms with van der Waals surface area (Å²) >= 11 is 3.49. The smallest absolute Gasteiger partial charge is 0.194 e. The Morgan fingerprint density at radius 2 is 1.95 bits per heavy atom. The first-order valence-corrected chi connectivity index (χ1v) is 8.33. The molecular formula is C17H23BrN4. The van der Waals surface area contributed by atoms with Gasteiger partial charge >= 0.3 is 0 Å². The van der Waals surface area contributed by atoms with Gasteiger partial charge in [-0.05, 0) is 24.6 Å². The molecule has 118 valence electrons. The minimum atomic E-state index is 0.427. The van der Waals surface area contributed by atoms with E-state index in [4.69, 9.17) is 6.42 Å². The Balaban J connectivity index is 1.91. The fourth-order valence-electron chi connectivity index (χ4n) is 2.74. The Hall–Kier alpha value is -1.51. The molecule has 5 heteroatoms. The van der Waals surface area contributed by atoms with Crippen LogP contribution in [0, 0.1) is 12.3 Å². The van der Waals surface area contributed by atoms with Crippen molar-refractivity contribution in [3.63, 3.8) is 0 Å². The van der Waals surface area contributed by atoms with Crippen molar-refractivity contribution in [3.05, 3.63) is 34.3 Å². The van der Waals surface area contributed by atoms with Crippen molar-refractivity contribution in [1.29, 1.82) is 0 Å². The van der Waals surface area contributed by atoms with Crippen molar-refractivity contribution < 1.29 is 0 Å². The molecule has 1 atom stereocenters. The number of terminal acetylenes is 1. The van der Waals surface area contributed by atoms with Crippen LogP contribution in [-0.4, -0.2) is 55.5 Å². The first-order chi connectivity index (χ1) is 10.7. The summed E-state index contributed by atoms with van der Waals surface area (Å²) in [5.74, 6) is 3.49. The van der Waals surface area contributed by atoms with E-state index >= 15 is 0 Å². The summed E-state index contributed by atoms with van der Waals surface area (Å²) in [6.45, 7) is 6.75. The van der Waals surface area contributed by atoms with Crippen LogP contribution >= 0.6 is 15.9 Å². The summed E-state index contributed by atoms with van der Waals surface area (Å²) in [6, 6.07) is 9.01. The molecule has 1 unspecified atom stereocenters. The molecule has 22 heavy (non-hydrogen) atoms. The Bertz CT molecular complexity index is 539. The molecule has 0 radical (unpaired) electrons. The van der Waals surface area contributed by atoms with E-state index in [1.54, 1.807) is 7.05 Å². The lowest BCUT2D eigenvalue weighted by atomic mass is 10.1. The molecule has 0 saturated carbocycles. The summed E-state index contributed by atoms with van der Waals surface area (Å²) in [4.78, 5) is 9.07. The Kier molecular flexibility index (Phi) is 6.29. The van der Waals surface area contributed by atoms with E-state index in [1.165, 1.54) is 5.56 Å². The van der Waals surface area contributed by atoms with Crippen molar-refractivity contribution in [2.75, 3.05) is 39.8 Å². The van der Waals surface area contributed by atoms with Crippen LogP contribution in [-0.2, 0) is 0 Å². The topological polar surface area (TPSA) is 30.9 Å². The lowest BCUT2D eigenvalue weighted by molar-refractivity contribution is 0.138. The van der Waals surface area contributed by atoms with E-state index in [0.29, 0.717) is 12.6 Å². The number of benzene rings is 1. The Labute approximate surface area is 141 Å². The van der Waals surface area contributed by atoms with Gasteiger partial charge in [-0.25, -0.2) is 0 Å². The lowest BCUT2D eigenvalue weighted by Crippen LogP contribution is -2.52. The number of piperazine rings is 1. The molecule has 1 aromatic rings. The van der Waals surface area contributed by atoms with Gasteiger partial charge in [-0.2, -0.15) is 0 Å². The van der Waals surface area contributed by atoms with E-state index < -0.39 is 0 Å². The van der Waals surface area contributed by atoms with Crippen LogP contribution in [0.3, 0.4) is 0 Å². The van der Waals surface area contributed by atoms with Gasteiger partial charge in [0.1, 0.15) is 0 Å². The number of aliphatic imine (C=N–C) groups is 1. The zero-order valence-corrected chi connectivity index (χ0v) is 14.8. The summed E-state index contributed by atoms with van der Waals surface area (Å²) in [7, 11) is 1.80. The second kappa shape index (κ2) is 8.21. The van der Waals surface area contributed by atoms with Gasteiger partial charge in [0.15, 0.2) is 5.96 Å². The van der Waals surface area contributed by atoms with Gasteiger partial charge in [0, 0.05) is 43.7 Å². The van der Waals surface area contributed by atoms with Gasteiger partial charge in [0.25, 0.3) is 0 Å². The van der Waals surface area contributed by atoms with Gasteiger partial charge in [-0.1, -0.05) is 34.0 Å². The third kappa shape index (κ3) is 4.25. The number of hydrogen-bond donors (Lipinski definition) is 1. The highest BCUT2D eigenvalue weighted by Gasteiger charge is 2.23. The van der Waals surface area contributed by atoms with Gasteiger partial charge in [0.2, 0.25) is 0 Å². The molecule has 1 N–H and O–H groups in total. The molecule has 1 aliphatic heterocycles. The molecule has 1 aliphatic rings. The van der Waals surface area contributed by atoms with Crippen molar-refractivity contribution in [3.8, 4) is 12.3 Å². The summed E-state index contributed by atoms with van der Waals surface area (Å²) in [5, 5.41) is 3.19. The molecule has 1 saturated heterocycles. The van der Waals surface area contributed by atoms with Crippen molar-refractivity contribution >= 4 is 21.9 Å². The number of nitrogens with one attached hydrogen (secondary N) is 1. The molecule has 0 bridgehead atoms. The molecule has 0 spiro atoms. The van der Waals surface area contributed by atoms with Crippen LogP contribution in [0.1, 0.15) is 18.5 Å². The fourth-order valence-corrected chi connectivity index (χ4v) is 3.00. The van der Waals surface area contributed by atoms with Crippen molar-refractivity contribution in [2.24, 2.45) is 4.99 Å². The number of halogens is 1. The Morgan fingerprint density at radius 1 is 1.32 bits per heavy atom. The maximum atomic E-state index is 5.30. The summed E-state index contributed by atoms with van der Waals surface area (Å²) < 4.78 is 1.12. The Morgan fingerprint density at radius 3 is 2.50 bits per heavy atom. The number of nitrogens with zero attached hydrogens (tertiary/aromatic N) is 3. The van der Waals surface area contributed by atoms with Crippen molar-refractivity contribution in [2.45, 2.75) is 13.0 Å². The molecule has 0 amide bonds. The summed E-state index contributed by atoms with van der Waals surface area (Å²) in [6.07, 6.45) is 5.30. The number of guanidine groups is 1. The quantitative estimate of drug-likeness (QED) is 0.508. The van der Waals surface area contributed by atoms with E-state index in [9.17, 15) is 0 Å². The van der Waals surface area contributed by atoms with E-state index in [2.05, 4.69) is 73.1 Å². The maximum absolute atomic E-state index is 5.30. The van der Waals surface area contributed by atoms with Crippen LogP contribution in [0.2, 0.25) is 0 Å². The van der Waals surface area contributed by atoms with Crippen LogP contribution in [0.5, 0.6) is 0 Å². The van der Waals surface area contributed by atoms with Gasteiger partial charge in [0.05, 0.1) is 6.54 Å². The van der Waals surface area contributed by atoms with Crippen LogP contribution in [0.25, 0.3) is 0 Å². The largest absolute Gasteiger partial charge is 0.345 e. The molecule has 0 aliphatic carbocycles. The third-order valence-electron chi connectivity index (χ3n) is 4.07. The molecule has 1 heterocycles. The average Bonchev–Trinajstić information content (AvgIpc) is 2.56. The molecule has 1 aromatic carbocycles. The predicted molar refractivity (Wildman–Crippen MR) is 95.9 cm³/mol. The number of hydrogen-bond acceptors (Lipinski definition) is 2. The fraction of sp³-hybridized carbons (Fsp3) is 0.471. The lowest BCUT2D eigenvalue weighted by Gasteiger charge is -2.39. The van der Waals surface area contributed by atoms with E-state index in [0.717, 1.165) is 36.6 Å². The molecule has 0 aromatic heterocycles. The van der Waals surface area contributed by atoms with E-state index in [-0.39, 0.29) is 0 Å². The zero-order chi connectivity index (χ0) is 15.9. The van der Waals surface area contributed by atoms with Crippen LogP contribution in [0.4, 0.5) is 0 Å². The number of rotatable bonds is 3. The molecule has 1 fully saturated rings. The third-order valence-corrected chi connectivity index (χ3v) is 4.60. The average molecular weight is 363 g/mol. The first-order valence-electron chi connectivity index (χ1n) is 7.54. The normalized spacial score (nSPS) is 17.9. The highest BCUT2D eigenvalue weighted by molar-refractivity contribution is 9.10. The maximum Gasteiger partial charge on any atom is 0.194 e. The second-order valence-electron chi connectivity index (χ2n) is 5.36. The van der Waals surface area contributed by atoms with Crippen LogP contribution in [0.15, 0.2) is 33.7 Å². The second-order valence-corrected chi connectivity index (χ2v) is 6.27. The van der Waals surface area contributed by atoms with Gasteiger partial charge in [-0.3, -0.25) is 9.89 Å². The SMILES string of the molecule is C#CCNC(=NC)N1CCN(C(C)c2ccc(Br)cc2)CC1. The van der Waals surface area contributed by atoms with Gasteiger partial charge in [-0.15, -0.1) is 6.42 Å². The minimum Gasteiger partial charge on any atom is -0.345 e. The standard InChI is InChI=1S/C17H23BrN4/c1-4-9-20-17(19-3)22-12-10-21(11-13-22)14(2)15-5-7-16(18)8-6-15/h1,5-8,14H,9-13H2,2-3H3,(H,19,20). The highest BCUT2D eigenvalue weighted by atomic mass is 79.9.